The summed E-state index contributed by atoms with van der Waals surface area (Å²) in [6.07, 6.45) is 0. The molecule has 0 aromatic carbocycles. The summed E-state index contributed by atoms with van der Waals surface area (Å²) in [6, 6.07) is 0. The van der Waals surface area contributed by atoms with Crippen LogP contribution in [0, 0.1) is 0 Å². The zero-order valence-electron chi connectivity index (χ0n) is 5.01. The Bertz CT molecular complexity index is 160. The molecular formula is C3H7F2NO2S. The normalized spacial score (nSPS) is 13.1. The summed E-state index contributed by atoms with van der Waals surface area (Å²) < 4.78 is 43.8. The van der Waals surface area contributed by atoms with Crippen molar-refractivity contribution in [2.24, 2.45) is 0 Å². The summed E-state index contributed by atoms with van der Waals surface area (Å²) in [5, 5.41) is 0. The first-order valence-electron chi connectivity index (χ1n) is 2.08. The minimum atomic E-state index is -4.31. The quantitative estimate of drug-likeness (QED) is 0.573. The van der Waals surface area contributed by atoms with Gasteiger partial charge in [-0.2, -0.15) is 8.78 Å². The van der Waals surface area contributed by atoms with E-state index in [9.17, 15) is 17.2 Å². The molecule has 0 aliphatic heterocycles. The van der Waals surface area contributed by atoms with E-state index in [-0.39, 0.29) is 0 Å². The van der Waals surface area contributed by atoms with Crippen LogP contribution in [0.15, 0.2) is 0 Å². The summed E-state index contributed by atoms with van der Waals surface area (Å²) in [4.78, 5) is 0. The molecule has 0 spiro atoms. The van der Waals surface area contributed by atoms with Gasteiger partial charge in [-0.1, -0.05) is 0 Å². The van der Waals surface area contributed by atoms with Crippen molar-refractivity contribution in [1.82, 2.24) is 4.31 Å². The van der Waals surface area contributed by atoms with Gasteiger partial charge in [-0.3, -0.25) is 0 Å². The van der Waals surface area contributed by atoms with Gasteiger partial charge in [0.1, 0.15) is 0 Å². The Morgan fingerprint density at radius 2 is 1.67 bits per heavy atom. The van der Waals surface area contributed by atoms with E-state index in [1.807, 2.05) is 0 Å². The predicted octanol–water partition coefficient (Wildman–Crippen LogP) is 0.100. The van der Waals surface area contributed by atoms with Gasteiger partial charge in [-0.25, -0.2) is 12.7 Å². The van der Waals surface area contributed by atoms with E-state index in [2.05, 4.69) is 0 Å². The van der Waals surface area contributed by atoms with Gasteiger partial charge in [0.25, 0.3) is 10.0 Å². The number of alkyl halides is 2. The molecule has 0 aromatic heterocycles. The molecule has 0 atom stereocenters. The van der Waals surface area contributed by atoms with Crippen LogP contribution in [0.25, 0.3) is 0 Å². The zero-order valence-corrected chi connectivity index (χ0v) is 5.82. The van der Waals surface area contributed by atoms with Crippen LogP contribution in [-0.2, 0) is 10.0 Å². The monoisotopic (exact) mass is 159 g/mol. The first kappa shape index (κ1) is 8.77. The summed E-state index contributed by atoms with van der Waals surface area (Å²) in [7, 11) is -2.20. The van der Waals surface area contributed by atoms with E-state index >= 15 is 0 Å². The van der Waals surface area contributed by atoms with Crippen molar-refractivity contribution in [1.29, 1.82) is 0 Å². The predicted molar refractivity (Wildman–Crippen MR) is 28.6 cm³/mol. The van der Waals surface area contributed by atoms with E-state index in [0.29, 0.717) is 4.31 Å². The van der Waals surface area contributed by atoms with Gasteiger partial charge in [0.05, 0.1) is 0 Å². The number of sulfonamides is 1. The fraction of sp³-hybridized carbons (Fsp3) is 1.00. The first-order chi connectivity index (χ1) is 3.89. The average Bonchev–Trinajstić information content (AvgIpc) is 1.65. The Balaban J connectivity index is 4.42. The summed E-state index contributed by atoms with van der Waals surface area (Å²) in [5.74, 6) is -3.31. The molecule has 0 N–H and O–H groups in total. The van der Waals surface area contributed by atoms with Crippen molar-refractivity contribution in [3.8, 4) is 0 Å². The van der Waals surface area contributed by atoms with E-state index in [1.54, 1.807) is 0 Å². The standard InChI is InChI=1S/C3H7F2NO2S/c1-6(2)9(7,8)3(4)5/h3H,1-2H3. The summed E-state index contributed by atoms with van der Waals surface area (Å²) in [6.45, 7) is 0. The molecule has 0 bridgehead atoms. The average molecular weight is 159 g/mol. The highest BCUT2D eigenvalue weighted by molar-refractivity contribution is 7.89. The molecule has 3 nitrogen and oxygen atoms in total. The molecular weight excluding hydrogens is 152 g/mol. The van der Waals surface area contributed by atoms with Gasteiger partial charge in [-0.15, -0.1) is 0 Å². The highest BCUT2D eigenvalue weighted by atomic mass is 32.2. The molecule has 0 saturated carbocycles. The maximum atomic E-state index is 11.4. The molecule has 9 heavy (non-hydrogen) atoms. The largest absolute Gasteiger partial charge is 0.350 e. The lowest BCUT2D eigenvalue weighted by Crippen LogP contribution is -2.28. The lowest BCUT2D eigenvalue weighted by atomic mass is 11.3. The number of rotatable bonds is 2. The Labute approximate surface area is 52.3 Å². The third-order valence-corrected chi connectivity index (χ3v) is 2.20. The van der Waals surface area contributed by atoms with Crippen LogP contribution in [0.4, 0.5) is 8.78 Å². The minimum Gasteiger partial charge on any atom is -0.206 e. The second-order valence-electron chi connectivity index (χ2n) is 1.59. The van der Waals surface area contributed by atoms with Gasteiger partial charge in [0.2, 0.25) is 0 Å². The lowest BCUT2D eigenvalue weighted by Gasteiger charge is -2.08. The van der Waals surface area contributed by atoms with Crippen molar-refractivity contribution < 1.29 is 17.2 Å². The van der Waals surface area contributed by atoms with Crippen LogP contribution in [0.3, 0.4) is 0 Å². The maximum absolute atomic E-state index is 11.4. The lowest BCUT2D eigenvalue weighted by molar-refractivity contribution is 0.225. The number of halogens is 2. The number of nitrogens with zero attached hydrogens (tertiary/aromatic N) is 1. The van der Waals surface area contributed by atoms with Crippen molar-refractivity contribution in [2.45, 2.75) is 5.76 Å². The molecule has 6 heteroatoms. The minimum absolute atomic E-state index is 0.484. The van der Waals surface area contributed by atoms with Crippen LogP contribution >= 0.6 is 0 Å². The number of hydrogen-bond donors (Lipinski definition) is 0. The molecule has 0 rings (SSSR count). The smallest absolute Gasteiger partial charge is 0.206 e. The molecule has 0 amide bonds. The first-order valence-corrected chi connectivity index (χ1v) is 3.59. The highest BCUT2D eigenvalue weighted by Gasteiger charge is 2.25. The Morgan fingerprint density at radius 3 is 1.67 bits per heavy atom. The fourth-order valence-corrected chi connectivity index (χ4v) is 0.478. The number of hydrogen-bond acceptors (Lipinski definition) is 2. The van der Waals surface area contributed by atoms with E-state index in [1.165, 1.54) is 0 Å². The topological polar surface area (TPSA) is 37.4 Å². The van der Waals surface area contributed by atoms with Crippen molar-refractivity contribution in [3.05, 3.63) is 0 Å². The molecule has 0 heterocycles. The van der Waals surface area contributed by atoms with Gasteiger partial charge in [0.15, 0.2) is 0 Å². The van der Waals surface area contributed by atoms with Gasteiger partial charge < -0.3 is 0 Å². The second-order valence-corrected chi connectivity index (χ2v) is 3.70. The van der Waals surface area contributed by atoms with Gasteiger partial charge >= 0.3 is 5.76 Å². The van der Waals surface area contributed by atoms with E-state index < -0.39 is 15.8 Å². The molecule has 0 aromatic rings. The summed E-state index contributed by atoms with van der Waals surface area (Å²) in [5.41, 5.74) is 0. The molecule has 0 aliphatic carbocycles. The van der Waals surface area contributed by atoms with Crippen molar-refractivity contribution >= 4 is 10.0 Å². The van der Waals surface area contributed by atoms with Crippen LogP contribution in [0.2, 0.25) is 0 Å². The van der Waals surface area contributed by atoms with E-state index in [4.69, 9.17) is 0 Å². The third kappa shape index (κ3) is 1.87. The molecule has 0 radical (unpaired) electrons. The van der Waals surface area contributed by atoms with Crippen LogP contribution in [0.5, 0.6) is 0 Å². The Morgan fingerprint density at radius 1 is 1.33 bits per heavy atom. The summed E-state index contributed by atoms with van der Waals surface area (Å²) >= 11 is 0. The molecule has 0 fully saturated rings. The fourth-order valence-electron chi connectivity index (χ4n) is 0.159. The van der Waals surface area contributed by atoms with Crippen LogP contribution in [0.1, 0.15) is 0 Å². The van der Waals surface area contributed by atoms with Gasteiger partial charge in [-0.05, 0) is 0 Å². The zero-order chi connectivity index (χ0) is 7.65. The third-order valence-electron chi connectivity index (χ3n) is 0.734. The van der Waals surface area contributed by atoms with Gasteiger partial charge in [0, 0.05) is 14.1 Å². The molecule has 0 unspecified atom stereocenters. The van der Waals surface area contributed by atoms with E-state index in [0.717, 1.165) is 14.1 Å². The second kappa shape index (κ2) is 2.57. The highest BCUT2D eigenvalue weighted by Crippen LogP contribution is 2.06. The molecule has 0 aliphatic rings. The van der Waals surface area contributed by atoms with Crippen molar-refractivity contribution in [2.75, 3.05) is 14.1 Å². The van der Waals surface area contributed by atoms with Crippen molar-refractivity contribution in [3.63, 3.8) is 0 Å². The molecule has 56 valence electrons. The maximum Gasteiger partial charge on any atom is 0.350 e. The van der Waals surface area contributed by atoms with Crippen LogP contribution in [-0.4, -0.2) is 32.6 Å². The van der Waals surface area contributed by atoms with Crippen LogP contribution < -0.4 is 0 Å². The molecule has 0 saturated heterocycles. The SMILES string of the molecule is CN(C)S(=O)(=O)C(F)F. The Kier molecular flexibility index (Phi) is 2.50. The Hall–Kier alpha value is -0.230.